The van der Waals surface area contributed by atoms with E-state index in [0.29, 0.717) is 44.0 Å². The number of ether oxygens (including phenoxy) is 2. The molecule has 0 spiro atoms. The van der Waals surface area contributed by atoms with E-state index < -0.39 is 11.5 Å². The second kappa shape index (κ2) is 6.74. The van der Waals surface area contributed by atoms with Gasteiger partial charge in [0.1, 0.15) is 12.1 Å². The molecular formula is C15H20N2O5. The van der Waals surface area contributed by atoms with Gasteiger partial charge in [0.25, 0.3) is 5.91 Å². The van der Waals surface area contributed by atoms with Crippen LogP contribution in [0.3, 0.4) is 0 Å². The fourth-order valence-corrected chi connectivity index (χ4v) is 2.52. The zero-order valence-corrected chi connectivity index (χ0v) is 12.7. The van der Waals surface area contributed by atoms with E-state index in [1.807, 2.05) is 0 Å². The van der Waals surface area contributed by atoms with Gasteiger partial charge in [-0.3, -0.25) is 4.79 Å². The van der Waals surface area contributed by atoms with E-state index in [1.54, 1.807) is 20.1 Å². The van der Waals surface area contributed by atoms with Crippen molar-refractivity contribution in [3.8, 4) is 5.88 Å². The Balaban J connectivity index is 2.15. The fraction of sp³-hybridized carbons (Fsp3) is 0.533. The summed E-state index contributed by atoms with van der Waals surface area (Å²) < 4.78 is 10.3. The number of carboxylic acids is 1. The van der Waals surface area contributed by atoms with E-state index in [2.05, 4.69) is 4.98 Å². The Labute approximate surface area is 128 Å². The van der Waals surface area contributed by atoms with Crippen molar-refractivity contribution in [2.75, 3.05) is 26.9 Å². The summed E-state index contributed by atoms with van der Waals surface area (Å²) in [5.74, 6) is -0.982. The quantitative estimate of drug-likeness (QED) is 0.794. The molecule has 0 radical (unpaired) electrons. The molecule has 22 heavy (non-hydrogen) atoms. The first-order valence-electron chi connectivity index (χ1n) is 7.12. The standard InChI is InChI=1S/C15H20N2O5/c1-15(14(19)20)5-3-7-17(15)13(18)11-4-6-16-12(10-11)22-9-8-21-2/h4,6,10H,3,5,7-9H2,1-2H3,(H,19,20). The molecule has 120 valence electrons. The van der Waals surface area contributed by atoms with E-state index >= 15 is 0 Å². The van der Waals surface area contributed by atoms with Gasteiger partial charge in [-0.2, -0.15) is 0 Å². The monoisotopic (exact) mass is 308 g/mol. The third-order valence-electron chi connectivity index (χ3n) is 3.87. The largest absolute Gasteiger partial charge is 0.480 e. The van der Waals surface area contributed by atoms with Gasteiger partial charge in [0.15, 0.2) is 0 Å². The maximum absolute atomic E-state index is 12.6. The number of pyridine rings is 1. The number of aliphatic carboxylic acids is 1. The van der Waals surface area contributed by atoms with Gasteiger partial charge in [0, 0.05) is 31.5 Å². The van der Waals surface area contributed by atoms with Crippen LogP contribution < -0.4 is 4.74 Å². The van der Waals surface area contributed by atoms with Crippen LogP contribution in [0.25, 0.3) is 0 Å². The molecule has 1 aliphatic heterocycles. The van der Waals surface area contributed by atoms with E-state index in [-0.39, 0.29) is 5.91 Å². The Morgan fingerprint density at radius 2 is 2.23 bits per heavy atom. The van der Waals surface area contributed by atoms with Gasteiger partial charge < -0.3 is 19.5 Å². The fourth-order valence-electron chi connectivity index (χ4n) is 2.52. The first-order chi connectivity index (χ1) is 10.5. The average Bonchev–Trinajstić information content (AvgIpc) is 2.90. The number of likely N-dealkylation sites (tertiary alicyclic amines) is 1. The van der Waals surface area contributed by atoms with Crippen molar-refractivity contribution >= 4 is 11.9 Å². The normalized spacial score (nSPS) is 20.9. The SMILES string of the molecule is COCCOc1cc(C(=O)N2CCCC2(C)C(=O)O)ccn1. The van der Waals surface area contributed by atoms with Crippen molar-refractivity contribution < 1.29 is 24.2 Å². The molecule has 7 nitrogen and oxygen atoms in total. The van der Waals surface area contributed by atoms with Crippen LogP contribution in [0.4, 0.5) is 0 Å². The maximum Gasteiger partial charge on any atom is 0.329 e. The second-order valence-corrected chi connectivity index (χ2v) is 5.36. The zero-order valence-electron chi connectivity index (χ0n) is 12.7. The molecule has 2 rings (SSSR count). The van der Waals surface area contributed by atoms with Crippen molar-refractivity contribution in [2.45, 2.75) is 25.3 Å². The molecule has 1 aliphatic rings. The van der Waals surface area contributed by atoms with Gasteiger partial charge in [-0.1, -0.05) is 0 Å². The molecule has 0 aliphatic carbocycles. The van der Waals surface area contributed by atoms with Crippen molar-refractivity contribution in [3.63, 3.8) is 0 Å². The highest BCUT2D eigenvalue weighted by Gasteiger charge is 2.46. The number of rotatable bonds is 6. The Hall–Kier alpha value is -2.15. The smallest absolute Gasteiger partial charge is 0.329 e. The third-order valence-corrected chi connectivity index (χ3v) is 3.87. The number of carboxylic acid groups (broad SMARTS) is 1. The van der Waals surface area contributed by atoms with Crippen LogP contribution in [0.1, 0.15) is 30.1 Å². The second-order valence-electron chi connectivity index (χ2n) is 5.36. The summed E-state index contributed by atoms with van der Waals surface area (Å²) in [4.78, 5) is 29.5. The summed E-state index contributed by atoms with van der Waals surface area (Å²) in [6.07, 6.45) is 2.61. The highest BCUT2D eigenvalue weighted by Crippen LogP contribution is 2.31. The molecule has 2 heterocycles. The van der Waals surface area contributed by atoms with Gasteiger partial charge in [0.2, 0.25) is 5.88 Å². The van der Waals surface area contributed by atoms with Gasteiger partial charge in [-0.05, 0) is 25.8 Å². The van der Waals surface area contributed by atoms with Crippen molar-refractivity contribution in [2.24, 2.45) is 0 Å². The van der Waals surface area contributed by atoms with Crippen LogP contribution in [0.5, 0.6) is 5.88 Å². The molecule has 1 saturated heterocycles. The summed E-state index contributed by atoms with van der Waals surface area (Å²) in [5.41, 5.74) is -0.783. The van der Waals surface area contributed by atoms with Crippen molar-refractivity contribution in [3.05, 3.63) is 23.9 Å². The number of carbonyl (C=O) groups is 2. The molecule has 0 bridgehead atoms. The number of methoxy groups -OCH3 is 1. The van der Waals surface area contributed by atoms with Crippen LogP contribution in [-0.2, 0) is 9.53 Å². The van der Waals surface area contributed by atoms with E-state index in [1.165, 1.54) is 17.2 Å². The predicted molar refractivity (Wildman–Crippen MR) is 77.9 cm³/mol. The Morgan fingerprint density at radius 1 is 1.45 bits per heavy atom. The van der Waals surface area contributed by atoms with Crippen LogP contribution >= 0.6 is 0 Å². The first-order valence-corrected chi connectivity index (χ1v) is 7.12. The highest BCUT2D eigenvalue weighted by atomic mass is 16.5. The summed E-state index contributed by atoms with van der Waals surface area (Å²) in [7, 11) is 1.57. The van der Waals surface area contributed by atoms with E-state index in [9.17, 15) is 14.7 Å². The molecule has 1 aromatic rings. The molecule has 0 saturated carbocycles. The Kier molecular flexibility index (Phi) is 4.97. The van der Waals surface area contributed by atoms with Crippen LogP contribution in [0.2, 0.25) is 0 Å². The molecule has 1 fully saturated rings. The first kappa shape index (κ1) is 16.2. The zero-order chi connectivity index (χ0) is 16.2. The summed E-state index contributed by atoms with van der Waals surface area (Å²) in [6.45, 7) is 2.77. The molecular weight excluding hydrogens is 288 g/mol. The lowest BCUT2D eigenvalue weighted by molar-refractivity contribution is -0.147. The number of aromatic nitrogens is 1. The molecule has 7 heteroatoms. The lowest BCUT2D eigenvalue weighted by Crippen LogP contribution is -2.50. The Bertz CT molecular complexity index is 563. The highest BCUT2D eigenvalue weighted by molar-refractivity contribution is 5.98. The van der Waals surface area contributed by atoms with Gasteiger partial charge in [0.05, 0.1) is 6.61 Å². The molecule has 1 N–H and O–H groups in total. The predicted octanol–water partition coefficient (Wildman–Crippen LogP) is 1.19. The molecule has 1 unspecified atom stereocenters. The summed E-state index contributed by atoms with van der Waals surface area (Å²) in [5, 5.41) is 9.39. The van der Waals surface area contributed by atoms with Crippen LogP contribution in [-0.4, -0.2) is 59.3 Å². The van der Waals surface area contributed by atoms with Gasteiger partial charge >= 0.3 is 5.97 Å². The lowest BCUT2D eigenvalue weighted by Gasteiger charge is -2.31. The molecule has 0 aromatic carbocycles. The number of nitrogens with zero attached hydrogens (tertiary/aromatic N) is 2. The van der Waals surface area contributed by atoms with Gasteiger partial charge in [-0.25, -0.2) is 9.78 Å². The molecule has 1 atom stereocenters. The molecule has 1 aromatic heterocycles. The topological polar surface area (TPSA) is 89.0 Å². The number of hydrogen-bond acceptors (Lipinski definition) is 5. The Morgan fingerprint density at radius 3 is 2.91 bits per heavy atom. The van der Waals surface area contributed by atoms with Gasteiger partial charge in [-0.15, -0.1) is 0 Å². The molecule has 1 amide bonds. The van der Waals surface area contributed by atoms with E-state index in [0.717, 1.165) is 0 Å². The summed E-state index contributed by atoms with van der Waals surface area (Å²) in [6, 6.07) is 3.09. The van der Waals surface area contributed by atoms with Crippen molar-refractivity contribution in [1.82, 2.24) is 9.88 Å². The number of carbonyl (C=O) groups excluding carboxylic acids is 1. The number of hydrogen-bond donors (Lipinski definition) is 1. The third kappa shape index (κ3) is 3.19. The minimum Gasteiger partial charge on any atom is -0.480 e. The van der Waals surface area contributed by atoms with Crippen LogP contribution in [0, 0.1) is 0 Å². The average molecular weight is 308 g/mol. The van der Waals surface area contributed by atoms with E-state index in [4.69, 9.17) is 9.47 Å². The lowest BCUT2D eigenvalue weighted by atomic mass is 9.98. The maximum atomic E-state index is 12.6. The van der Waals surface area contributed by atoms with Crippen LogP contribution in [0.15, 0.2) is 18.3 Å². The minimum atomic E-state index is -1.16. The minimum absolute atomic E-state index is 0.318. The number of amides is 1. The summed E-state index contributed by atoms with van der Waals surface area (Å²) >= 11 is 0. The van der Waals surface area contributed by atoms with Crippen molar-refractivity contribution in [1.29, 1.82) is 0 Å².